The molecule has 0 bridgehead atoms. The minimum absolute atomic E-state index is 1.10. The molecular weight excluding hydrogens is 280 g/mol. The third kappa shape index (κ3) is 3.47. The fraction of sp³-hybridized carbons (Fsp3) is 0.143. The van der Waals surface area contributed by atoms with Gasteiger partial charge in [0.15, 0.2) is 0 Å². The summed E-state index contributed by atoms with van der Waals surface area (Å²) in [6.07, 6.45) is 0. The van der Waals surface area contributed by atoms with Crippen LogP contribution >= 0.6 is 0 Å². The summed E-state index contributed by atoms with van der Waals surface area (Å²) in [7, 11) is -1.33. The molecule has 0 spiro atoms. The van der Waals surface area contributed by atoms with Gasteiger partial charge in [-0.3, -0.25) is 0 Å². The minimum atomic E-state index is -1.33. The number of fused-ring (bicyclic) bond motifs is 1. The van der Waals surface area contributed by atoms with Gasteiger partial charge in [-0.2, -0.15) is 0 Å². The average molecular weight is 300 g/mol. The Bertz CT molecular complexity index is 873. The highest BCUT2D eigenvalue weighted by molar-refractivity contribution is 6.83. The van der Waals surface area contributed by atoms with Crippen LogP contribution in [-0.4, -0.2) is 8.07 Å². The van der Waals surface area contributed by atoms with Gasteiger partial charge in [0.1, 0.15) is 8.07 Å². The predicted octanol–water partition coefficient (Wildman–Crippen LogP) is 5.74. The van der Waals surface area contributed by atoms with Crippen molar-refractivity contribution in [2.24, 2.45) is 0 Å². The molecule has 108 valence electrons. The molecule has 0 nitrogen and oxygen atoms in total. The molecule has 0 atom stereocenters. The highest BCUT2D eigenvalue weighted by Crippen LogP contribution is 2.25. The molecular formula is C21H20Si. The van der Waals surface area contributed by atoms with E-state index in [9.17, 15) is 0 Å². The Morgan fingerprint density at radius 1 is 0.682 bits per heavy atom. The van der Waals surface area contributed by atoms with Crippen LogP contribution in [0.15, 0.2) is 66.7 Å². The van der Waals surface area contributed by atoms with Crippen molar-refractivity contribution in [2.75, 3.05) is 0 Å². The molecule has 0 saturated carbocycles. The number of hydrogen-bond acceptors (Lipinski definition) is 0. The summed E-state index contributed by atoms with van der Waals surface area (Å²) >= 11 is 0. The lowest BCUT2D eigenvalue weighted by atomic mass is 10.00. The molecule has 0 aliphatic heterocycles. The smallest absolute Gasteiger partial charge is 0.127 e. The summed E-state index contributed by atoms with van der Waals surface area (Å²) in [6.45, 7) is 6.81. The highest BCUT2D eigenvalue weighted by Gasteiger charge is 2.07. The van der Waals surface area contributed by atoms with E-state index in [4.69, 9.17) is 0 Å². The van der Waals surface area contributed by atoms with Crippen molar-refractivity contribution >= 4 is 18.8 Å². The Labute approximate surface area is 133 Å². The van der Waals surface area contributed by atoms with Crippen molar-refractivity contribution in [1.82, 2.24) is 0 Å². The molecule has 0 fully saturated rings. The fourth-order valence-electron chi connectivity index (χ4n) is 2.41. The second-order valence-corrected chi connectivity index (χ2v) is 11.4. The molecule has 0 aliphatic carbocycles. The van der Waals surface area contributed by atoms with E-state index in [0.29, 0.717) is 0 Å². The van der Waals surface area contributed by atoms with Crippen LogP contribution in [0.5, 0.6) is 0 Å². The molecule has 3 aromatic rings. The first-order valence-electron chi connectivity index (χ1n) is 7.64. The van der Waals surface area contributed by atoms with Gasteiger partial charge in [0.05, 0.1) is 0 Å². The number of rotatable bonds is 1. The van der Waals surface area contributed by atoms with Crippen LogP contribution < -0.4 is 0 Å². The van der Waals surface area contributed by atoms with Gasteiger partial charge in [-0.05, 0) is 40.1 Å². The van der Waals surface area contributed by atoms with E-state index < -0.39 is 8.07 Å². The highest BCUT2D eigenvalue weighted by atomic mass is 28.3. The zero-order valence-corrected chi connectivity index (χ0v) is 14.4. The SMILES string of the molecule is C[Si](C)(C)C#Cc1cccc(-c2ccc3ccccc3c2)c1. The van der Waals surface area contributed by atoms with Gasteiger partial charge in [0.25, 0.3) is 0 Å². The van der Waals surface area contributed by atoms with Crippen LogP contribution in [0.25, 0.3) is 21.9 Å². The predicted molar refractivity (Wildman–Crippen MR) is 99.6 cm³/mol. The van der Waals surface area contributed by atoms with Crippen LogP contribution in [0, 0.1) is 11.5 Å². The van der Waals surface area contributed by atoms with E-state index in [2.05, 4.69) is 97.8 Å². The first-order valence-corrected chi connectivity index (χ1v) is 11.1. The average Bonchev–Trinajstić information content (AvgIpc) is 2.52. The Morgan fingerprint density at radius 2 is 1.41 bits per heavy atom. The van der Waals surface area contributed by atoms with E-state index in [-0.39, 0.29) is 0 Å². The molecule has 3 rings (SSSR count). The van der Waals surface area contributed by atoms with Crippen molar-refractivity contribution in [1.29, 1.82) is 0 Å². The topological polar surface area (TPSA) is 0 Å². The molecule has 0 amide bonds. The quantitative estimate of drug-likeness (QED) is 0.397. The van der Waals surface area contributed by atoms with Crippen LogP contribution in [0.2, 0.25) is 19.6 Å². The van der Waals surface area contributed by atoms with Crippen molar-refractivity contribution in [3.63, 3.8) is 0 Å². The molecule has 0 aromatic heterocycles. The van der Waals surface area contributed by atoms with Gasteiger partial charge < -0.3 is 0 Å². The maximum absolute atomic E-state index is 3.44. The first kappa shape index (κ1) is 14.6. The van der Waals surface area contributed by atoms with Gasteiger partial charge in [0, 0.05) is 5.56 Å². The summed E-state index contributed by atoms with van der Waals surface area (Å²) in [5.74, 6) is 3.34. The lowest BCUT2D eigenvalue weighted by Crippen LogP contribution is -2.16. The van der Waals surface area contributed by atoms with Gasteiger partial charge in [-0.15, -0.1) is 5.54 Å². The van der Waals surface area contributed by atoms with Crippen molar-refractivity contribution in [3.05, 3.63) is 72.3 Å². The number of hydrogen-bond donors (Lipinski definition) is 0. The normalized spacial score (nSPS) is 11.0. The molecule has 0 unspecified atom stereocenters. The van der Waals surface area contributed by atoms with Gasteiger partial charge >= 0.3 is 0 Å². The molecule has 22 heavy (non-hydrogen) atoms. The monoisotopic (exact) mass is 300 g/mol. The third-order valence-electron chi connectivity index (χ3n) is 3.53. The molecule has 3 aromatic carbocycles. The van der Waals surface area contributed by atoms with Crippen LogP contribution in [0.1, 0.15) is 5.56 Å². The van der Waals surface area contributed by atoms with Crippen LogP contribution in [0.3, 0.4) is 0 Å². The lowest BCUT2D eigenvalue weighted by Gasteiger charge is -2.06. The van der Waals surface area contributed by atoms with Gasteiger partial charge in [0.2, 0.25) is 0 Å². The van der Waals surface area contributed by atoms with Gasteiger partial charge in [-0.1, -0.05) is 74.1 Å². The Hall–Kier alpha value is -2.30. The summed E-state index contributed by atoms with van der Waals surface area (Å²) in [5, 5.41) is 2.56. The maximum Gasteiger partial charge on any atom is 0.129 e. The Balaban J connectivity index is 2.01. The second kappa shape index (κ2) is 5.83. The Morgan fingerprint density at radius 3 is 2.18 bits per heavy atom. The Kier molecular flexibility index (Phi) is 3.87. The van der Waals surface area contributed by atoms with E-state index in [0.717, 1.165) is 5.56 Å². The zero-order valence-electron chi connectivity index (χ0n) is 13.4. The second-order valence-electron chi connectivity index (χ2n) is 6.64. The third-order valence-corrected chi connectivity index (χ3v) is 4.40. The fourth-order valence-corrected chi connectivity index (χ4v) is 2.92. The molecule has 0 N–H and O–H groups in total. The maximum atomic E-state index is 3.44. The van der Waals surface area contributed by atoms with Crippen molar-refractivity contribution < 1.29 is 0 Å². The van der Waals surface area contributed by atoms with Crippen molar-refractivity contribution in [2.45, 2.75) is 19.6 Å². The van der Waals surface area contributed by atoms with Crippen LogP contribution in [0.4, 0.5) is 0 Å². The van der Waals surface area contributed by atoms with Crippen molar-refractivity contribution in [3.8, 4) is 22.6 Å². The standard InChI is InChI=1S/C21H20Si/c1-22(2,3)14-13-17-7-6-10-19(15-17)21-12-11-18-8-4-5-9-20(18)16-21/h4-12,15-16H,1-3H3. The summed E-state index contributed by atoms with van der Waals surface area (Å²) < 4.78 is 0. The van der Waals surface area contributed by atoms with E-state index in [1.165, 1.54) is 21.9 Å². The summed E-state index contributed by atoms with van der Waals surface area (Å²) in [4.78, 5) is 0. The van der Waals surface area contributed by atoms with Gasteiger partial charge in [-0.25, -0.2) is 0 Å². The van der Waals surface area contributed by atoms with E-state index >= 15 is 0 Å². The zero-order chi connectivity index (χ0) is 15.6. The molecule has 0 radical (unpaired) electrons. The molecule has 0 saturated heterocycles. The first-order chi connectivity index (χ1) is 10.5. The molecule has 0 heterocycles. The van der Waals surface area contributed by atoms with Crippen LogP contribution in [-0.2, 0) is 0 Å². The number of benzene rings is 3. The summed E-state index contributed by atoms with van der Waals surface area (Å²) in [5.41, 5.74) is 7.02. The van der Waals surface area contributed by atoms with E-state index in [1.807, 2.05) is 0 Å². The summed E-state index contributed by atoms with van der Waals surface area (Å²) in [6, 6.07) is 23.6. The minimum Gasteiger partial charge on any atom is -0.127 e. The largest absolute Gasteiger partial charge is 0.129 e. The molecule has 0 aliphatic rings. The lowest BCUT2D eigenvalue weighted by molar-refractivity contribution is 1.61. The van der Waals surface area contributed by atoms with E-state index in [1.54, 1.807) is 0 Å². The molecule has 1 heteroatoms.